The zero-order chi connectivity index (χ0) is 12.2. The number of nitrogens with two attached hydrogens (primary N) is 1. The second-order valence-electron chi connectivity index (χ2n) is 3.94. The van der Waals surface area contributed by atoms with E-state index in [1.807, 2.05) is 0 Å². The number of nitrogens with one attached hydrogen (secondary N) is 1. The van der Waals surface area contributed by atoms with Crippen LogP contribution in [0.25, 0.3) is 0 Å². The van der Waals surface area contributed by atoms with Crippen molar-refractivity contribution in [2.24, 2.45) is 5.84 Å². The van der Waals surface area contributed by atoms with Gasteiger partial charge in [-0.05, 0) is 32.4 Å². The fourth-order valence-corrected chi connectivity index (χ4v) is 1.55. The van der Waals surface area contributed by atoms with E-state index in [2.05, 4.69) is 17.2 Å². The van der Waals surface area contributed by atoms with Crippen LogP contribution in [-0.4, -0.2) is 42.2 Å². The summed E-state index contributed by atoms with van der Waals surface area (Å²) in [5, 5.41) is 8.90. The van der Waals surface area contributed by atoms with E-state index in [1.165, 1.54) is 0 Å². The van der Waals surface area contributed by atoms with Crippen LogP contribution in [-0.2, 0) is 4.79 Å². The van der Waals surface area contributed by atoms with E-state index in [1.54, 1.807) is 0 Å². The van der Waals surface area contributed by atoms with Crippen molar-refractivity contribution in [3.05, 3.63) is 0 Å². The smallest absolute Gasteiger partial charge is 0.233 e. The molecule has 1 amide bonds. The first-order chi connectivity index (χ1) is 7.74. The fraction of sp³-hybridized carbons (Fsp3) is 0.909. The Hall–Kier alpha value is -0.650. The molecule has 4 N–H and O–H groups in total. The van der Waals surface area contributed by atoms with Gasteiger partial charge in [0.1, 0.15) is 0 Å². The van der Waals surface area contributed by atoms with Crippen molar-refractivity contribution < 1.29 is 9.90 Å². The summed E-state index contributed by atoms with van der Waals surface area (Å²) in [5.74, 6) is 4.88. The highest BCUT2D eigenvalue weighted by Crippen LogP contribution is 2.01. The SMILES string of the molecule is CCCCN(CCO)CCCCC(=O)NN. The Morgan fingerprint density at radius 1 is 1.25 bits per heavy atom. The van der Waals surface area contributed by atoms with Crippen LogP contribution in [0.3, 0.4) is 0 Å². The lowest BCUT2D eigenvalue weighted by atomic mass is 10.2. The molecule has 0 aliphatic heterocycles. The van der Waals surface area contributed by atoms with Crippen LogP contribution in [0.15, 0.2) is 0 Å². The molecule has 0 aromatic rings. The minimum absolute atomic E-state index is 0.109. The van der Waals surface area contributed by atoms with E-state index in [-0.39, 0.29) is 12.5 Å². The molecule has 0 fully saturated rings. The Kier molecular flexibility index (Phi) is 10.4. The van der Waals surface area contributed by atoms with E-state index in [0.717, 1.165) is 45.3 Å². The van der Waals surface area contributed by atoms with Gasteiger partial charge in [-0.15, -0.1) is 0 Å². The molecule has 0 aromatic heterocycles. The number of carbonyl (C=O) groups is 1. The molecule has 0 saturated carbocycles. The second kappa shape index (κ2) is 10.9. The van der Waals surface area contributed by atoms with Gasteiger partial charge in [0.05, 0.1) is 6.61 Å². The van der Waals surface area contributed by atoms with Crippen LogP contribution in [0.4, 0.5) is 0 Å². The molecule has 5 nitrogen and oxygen atoms in total. The van der Waals surface area contributed by atoms with Crippen LogP contribution in [0.1, 0.15) is 39.0 Å². The molecule has 0 aromatic carbocycles. The van der Waals surface area contributed by atoms with Crippen molar-refractivity contribution >= 4 is 5.91 Å². The van der Waals surface area contributed by atoms with Crippen LogP contribution < -0.4 is 11.3 Å². The van der Waals surface area contributed by atoms with E-state index in [0.29, 0.717) is 6.42 Å². The number of hydrogen-bond acceptors (Lipinski definition) is 4. The van der Waals surface area contributed by atoms with Gasteiger partial charge in [0.2, 0.25) is 5.91 Å². The van der Waals surface area contributed by atoms with Crippen LogP contribution >= 0.6 is 0 Å². The maximum atomic E-state index is 10.9. The number of amides is 1. The summed E-state index contributed by atoms with van der Waals surface area (Å²) < 4.78 is 0. The highest BCUT2D eigenvalue weighted by molar-refractivity contribution is 5.74. The number of aliphatic hydroxyl groups is 1. The third kappa shape index (κ3) is 8.64. The third-order valence-electron chi connectivity index (χ3n) is 2.53. The summed E-state index contributed by atoms with van der Waals surface area (Å²) in [6.45, 7) is 5.05. The number of hydrazine groups is 1. The fourth-order valence-electron chi connectivity index (χ4n) is 1.55. The molecule has 0 aliphatic carbocycles. The molecule has 0 heterocycles. The average molecular weight is 231 g/mol. The van der Waals surface area contributed by atoms with Gasteiger partial charge in [0.15, 0.2) is 0 Å². The van der Waals surface area contributed by atoms with Crippen molar-refractivity contribution in [1.82, 2.24) is 10.3 Å². The maximum absolute atomic E-state index is 10.9. The first-order valence-corrected chi connectivity index (χ1v) is 6.07. The monoisotopic (exact) mass is 231 g/mol. The summed E-state index contributed by atoms with van der Waals surface area (Å²) in [5.41, 5.74) is 2.12. The van der Waals surface area contributed by atoms with Gasteiger partial charge >= 0.3 is 0 Å². The van der Waals surface area contributed by atoms with Gasteiger partial charge in [-0.1, -0.05) is 13.3 Å². The minimum atomic E-state index is -0.109. The van der Waals surface area contributed by atoms with Gasteiger partial charge in [-0.25, -0.2) is 5.84 Å². The highest BCUT2D eigenvalue weighted by atomic mass is 16.3. The molecule has 0 spiro atoms. The predicted octanol–water partition coefficient (Wildman–Crippen LogP) is 0.241. The van der Waals surface area contributed by atoms with E-state index < -0.39 is 0 Å². The number of aliphatic hydroxyl groups excluding tert-OH is 1. The van der Waals surface area contributed by atoms with Gasteiger partial charge in [0, 0.05) is 13.0 Å². The van der Waals surface area contributed by atoms with Crippen molar-refractivity contribution in [3.8, 4) is 0 Å². The maximum Gasteiger partial charge on any atom is 0.233 e. The Morgan fingerprint density at radius 2 is 1.94 bits per heavy atom. The molecular formula is C11H25N3O2. The second-order valence-corrected chi connectivity index (χ2v) is 3.94. The molecule has 0 rings (SSSR count). The highest BCUT2D eigenvalue weighted by Gasteiger charge is 2.04. The molecule has 5 heteroatoms. The molecule has 0 unspecified atom stereocenters. The van der Waals surface area contributed by atoms with Crippen LogP contribution in [0.5, 0.6) is 0 Å². The van der Waals surface area contributed by atoms with Crippen LogP contribution in [0, 0.1) is 0 Å². The standard InChI is InChI=1S/C11H25N3O2/c1-2-3-7-14(9-10-15)8-5-4-6-11(16)13-12/h15H,2-10,12H2,1H3,(H,13,16). The largest absolute Gasteiger partial charge is 0.395 e. The van der Waals surface area contributed by atoms with Gasteiger partial charge in [-0.2, -0.15) is 0 Å². The Bertz CT molecular complexity index is 177. The summed E-state index contributed by atoms with van der Waals surface area (Å²) >= 11 is 0. The summed E-state index contributed by atoms with van der Waals surface area (Å²) in [6, 6.07) is 0. The van der Waals surface area contributed by atoms with Gasteiger partial charge < -0.3 is 10.0 Å². The van der Waals surface area contributed by atoms with Crippen LogP contribution in [0.2, 0.25) is 0 Å². The first-order valence-electron chi connectivity index (χ1n) is 6.07. The molecule has 0 atom stereocenters. The first kappa shape index (κ1) is 15.3. The quantitative estimate of drug-likeness (QED) is 0.218. The average Bonchev–Trinajstić information content (AvgIpc) is 2.30. The molecule has 0 radical (unpaired) electrons. The number of unbranched alkanes of at least 4 members (excludes halogenated alkanes) is 2. The van der Waals surface area contributed by atoms with Gasteiger partial charge in [0.25, 0.3) is 0 Å². The molecular weight excluding hydrogens is 206 g/mol. The zero-order valence-corrected chi connectivity index (χ0v) is 10.2. The van der Waals surface area contributed by atoms with Gasteiger partial charge in [-0.3, -0.25) is 10.2 Å². The lowest BCUT2D eigenvalue weighted by Crippen LogP contribution is -2.31. The molecule has 16 heavy (non-hydrogen) atoms. The number of hydrogen-bond donors (Lipinski definition) is 3. The molecule has 0 saturated heterocycles. The van der Waals surface area contributed by atoms with E-state index >= 15 is 0 Å². The Labute approximate surface area is 98.0 Å². The lowest BCUT2D eigenvalue weighted by molar-refractivity contribution is -0.121. The van der Waals surface area contributed by atoms with Crippen molar-refractivity contribution in [2.75, 3.05) is 26.2 Å². The van der Waals surface area contributed by atoms with Crippen molar-refractivity contribution in [3.63, 3.8) is 0 Å². The normalized spacial score (nSPS) is 10.8. The van der Waals surface area contributed by atoms with Crippen molar-refractivity contribution in [2.45, 2.75) is 39.0 Å². The lowest BCUT2D eigenvalue weighted by Gasteiger charge is -2.20. The summed E-state index contributed by atoms with van der Waals surface area (Å²) in [7, 11) is 0. The molecule has 96 valence electrons. The third-order valence-corrected chi connectivity index (χ3v) is 2.53. The number of rotatable bonds is 10. The number of nitrogens with zero attached hydrogens (tertiary/aromatic N) is 1. The molecule has 0 aliphatic rings. The Morgan fingerprint density at radius 3 is 2.50 bits per heavy atom. The molecule has 0 bridgehead atoms. The predicted molar refractivity (Wildman–Crippen MR) is 64.6 cm³/mol. The van der Waals surface area contributed by atoms with E-state index in [9.17, 15) is 4.79 Å². The Balaban J connectivity index is 3.54. The zero-order valence-electron chi connectivity index (χ0n) is 10.2. The van der Waals surface area contributed by atoms with E-state index in [4.69, 9.17) is 10.9 Å². The topological polar surface area (TPSA) is 78.6 Å². The number of carbonyl (C=O) groups excluding carboxylic acids is 1. The summed E-state index contributed by atoms with van der Waals surface area (Å²) in [4.78, 5) is 13.1. The minimum Gasteiger partial charge on any atom is -0.395 e. The van der Waals surface area contributed by atoms with Crippen molar-refractivity contribution in [1.29, 1.82) is 0 Å². The summed E-state index contributed by atoms with van der Waals surface area (Å²) in [6.07, 6.45) is 4.62.